The summed E-state index contributed by atoms with van der Waals surface area (Å²) in [5.74, 6) is 3.06. The van der Waals surface area contributed by atoms with Gasteiger partial charge in [0.2, 0.25) is 0 Å². The molecule has 0 amide bonds. The van der Waals surface area contributed by atoms with Crippen molar-refractivity contribution in [1.29, 1.82) is 0 Å². The smallest absolute Gasteiger partial charge is 0.191 e. The largest absolute Gasteiger partial charge is 0.493 e. The first-order valence-electron chi connectivity index (χ1n) is 11.1. The Kier molecular flexibility index (Phi) is 8.05. The molecule has 2 saturated carbocycles. The van der Waals surface area contributed by atoms with Crippen LogP contribution in [0.3, 0.4) is 0 Å². The second kappa shape index (κ2) is 10.5. The monoisotopic (exact) mass is 403 g/mol. The maximum atomic E-state index is 14.7. The van der Waals surface area contributed by atoms with Gasteiger partial charge in [-0.2, -0.15) is 4.99 Å². The number of methoxy groups -OCH3 is 1. The topological polar surface area (TPSA) is 21.6 Å². The zero-order valence-electron chi connectivity index (χ0n) is 17.4. The van der Waals surface area contributed by atoms with Gasteiger partial charge in [-0.1, -0.05) is 45.1 Å². The summed E-state index contributed by atoms with van der Waals surface area (Å²) in [6.45, 7) is 2.29. The molecule has 0 atom stereocenters. The van der Waals surface area contributed by atoms with E-state index in [1.165, 1.54) is 64.9 Å². The molecule has 0 saturated heterocycles. The number of rotatable bonds is 7. The summed E-state index contributed by atoms with van der Waals surface area (Å²) in [5, 5.41) is 2.24. The van der Waals surface area contributed by atoms with Crippen LogP contribution in [0.1, 0.15) is 89.0 Å². The fraction of sp³-hybridized carbons (Fsp3) is 0.708. The average molecular weight is 404 g/mol. The maximum absolute atomic E-state index is 14.7. The van der Waals surface area contributed by atoms with E-state index in [2.05, 4.69) is 29.3 Å². The molecule has 4 heteroatoms. The number of aliphatic imine (C=N–C) groups is 1. The Bertz CT molecular complexity index is 684. The number of hydrogen-bond donors (Lipinski definition) is 0. The van der Waals surface area contributed by atoms with Gasteiger partial charge >= 0.3 is 0 Å². The SMILES string of the molecule is CCCCC1CCC(C2CCC(c3ccc(N=C=S)c(F)c3OC)CC2)CC1. The molecule has 2 nitrogen and oxygen atoms in total. The van der Waals surface area contributed by atoms with E-state index in [1.807, 2.05) is 6.07 Å². The van der Waals surface area contributed by atoms with E-state index in [-0.39, 0.29) is 5.69 Å². The van der Waals surface area contributed by atoms with Crippen molar-refractivity contribution in [2.45, 2.75) is 83.5 Å². The fourth-order valence-electron chi connectivity index (χ4n) is 5.57. The van der Waals surface area contributed by atoms with Crippen molar-refractivity contribution >= 4 is 23.1 Å². The zero-order valence-corrected chi connectivity index (χ0v) is 18.2. The molecule has 154 valence electrons. The van der Waals surface area contributed by atoms with Crippen LogP contribution in [0.4, 0.5) is 10.1 Å². The molecule has 0 spiro atoms. The predicted molar refractivity (Wildman–Crippen MR) is 117 cm³/mol. The number of isothiocyanates is 1. The first-order chi connectivity index (χ1) is 13.7. The highest BCUT2D eigenvalue weighted by Crippen LogP contribution is 2.47. The quantitative estimate of drug-likeness (QED) is 0.341. The molecular formula is C24H34FNOS. The van der Waals surface area contributed by atoms with E-state index in [0.717, 1.165) is 36.2 Å². The van der Waals surface area contributed by atoms with E-state index < -0.39 is 5.82 Å². The van der Waals surface area contributed by atoms with Crippen molar-refractivity contribution in [3.8, 4) is 5.75 Å². The van der Waals surface area contributed by atoms with Crippen LogP contribution >= 0.6 is 12.2 Å². The normalized spacial score (nSPS) is 27.8. The summed E-state index contributed by atoms with van der Waals surface area (Å²) in [5.41, 5.74) is 1.20. The lowest BCUT2D eigenvalue weighted by atomic mass is 9.68. The Morgan fingerprint density at radius 1 is 1.07 bits per heavy atom. The van der Waals surface area contributed by atoms with Crippen molar-refractivity contribution < 1.29 is 9.13 Å². The Hall–Kier alpha value is -1.25. The highest BCUT2D eigenvalue weighted by molar-refractivity contribution is 7.78. The van der Waals surface area contributed by atoms with Crippen molar-refractivity contribution in [3.63, 3.8) is 0 Å². The summed E-state index contributed by atoms with van der Waals surface area (Å²) in [4.78, 5) is 3.81. The Morgan fingerprint density at radius 3 is 2.29 bits per heavy atom. The van der Waals surface area contributed by atoms with Crippen LogP contribution in [0.5, 0.6) is 5.75 Å². The molecular weight excluding hydrogens is 369 g/mol. The summed E-state index contributed by atoms with van der Waals surface area (Å²) >= 11 is 4.61. The summed E-state index contributed by atoms with van der Waals surface area (Å²) < 4.78 is 20.1. The van der Waals surface area contributed by atoms with E-state index in [4.69, 9.17) is 4.74 Å². The van der Waals surface area contributed by atoms with Crippen LogP contribution in [0, 0.1) is 23.6 Å². The molecule has 0 radical (unpaired) electrons. The molecule has 0 aromatic heterocycles. The Balaban J connectivity index is 1.57. The van der Waals surface area contributed by atoms with Crippen LogP contribution < -0.4 is 4.74 Å². The molecule has 2 aliphatic carbocycles. The number of halogens is 1. The fourth-order valence-corrected chi connectivity index (χ4v) is 5.67. The summed E-state index contributed by atoms with van der Waals surface area (Å²) in [7, 11) is 1.54. The lowest BCUT2D eigenvalue weighted by molar-refractivity contribution is 0.155. The van der Waals surface area contributed by atoms with E-state index in [9.17, 15) is 4.39 Å². The lowest BCUT2D eigenvalue weighted by Crippen LogP contribution is -2.25. The standard InChI is InChI=1S/C24H34FNOS/c1-3-4-5-17-6-8-18(9-7-17)19-10-12-20(13-11-19)21-14-15-22(26-16-28)23(25)24(21)27-2/h14-15,17-20H,3-13H2,1-2H3. The van der Waals surface area contributed by atoms with Crippen LogP contribution in [0.2, 0.25) is 0 Å². The van der Waals surface area contributed by atoms with Crippen LogP contribution in [0.25, 0.3) is 0 Å². The van der Waals surface area contributed by atoms with E-state index in [1.54, 1.807) is 6.07 Å². The third-order valence-electron chi connectivity index (χ3n) is 7.21. The molecule has 3 rings (SSSR count). The van der Waals surface area contributed by atoms with E-state index >= 15 is 0 Å². The van der Waals surface area contributed by atoms with Crippen molar-refractivity contribution in [2.24, 2.45) is 22.7 Å². The second-order valence-corrected chi connectivity index (χ2v) is 8.94. The van der Waals surface area contributed by atoms with Gasteiger partial charge in [0.15, 0.2) is 11.6 Å². The molecule has 1 aromatic carbocycles. The number of unbranched alkanes of at least 4 members (excludes halogenated alkanes) is 1. The molecule has 0 aliphatic heterocycles. The minimum Gasteiger partial charge on any atom is -0.493 e. The molecule has 2 aliphatic rings. The minimum absolute atomic E-state index is 0.212. The third kappa shape index (κ3) is 5.02. The number of nitrogens with zero attached hydrogens (tertiary/aromatic N) is 1. The first-order valence-corrected chi connectivity index (χ1v) is 11.5. The zero-order chi connectivity index (χ0) is 19.9. The van der Waals surface area contributed by atoms with Gasteiger partial charge in [-0.25, -0.2) is 4.39 Å². The highest BCUT2D eigenvalue weighted by atomic mass is 32.1. The van der Waals surface area contributed by atoms with Crippen molar-refractivity contribution in [1.82, 2.24) is 0 Å². The Morgan fingerprint density at radius 2 is 1.71 bits per heavy atom. The molecule has 0 heterocycles. The lowest BCUT2D eigenvalue weighted by Gasteiger charge is -2.38. The average Bonchev–Trinajstić information content (AvgIpc) is 2.74. The van der Waals surface area contributed by atoms with Crippen molar-refractivity contribution in [2.75, 3.05) is 7.11 Å². The van der Waals surface area contributed by atoms with Gasteiger partial charge < -0.3 is 4.74 Å². The molecule has 28 heavy (non-hydrogen) atoms. The molecule has 1 aromatic rings. The van der Waals surface area contributed by atoms with Crippen molar-refractivity contribution in [3.05, 3.63) is 23.5 Å². The van der Waals surface area contributed by atoms with Gasteiger partial charge in [0.25, 0.3) is 0 Å². The summed E-state index contributed by atoms with van der Waals surface area (Å²) in [6.07, 6.45) is 14.7. The van der Waals surface area contributed by atoms with Gasteiger partial charge in [0.1, 0.15) is 5.69 Å². The van der Waals surface area contributed by atoms with Gasteiger partial charge in [-0.3, -0.25) is 0 Å². The highest BCUT2D eigenvalue weighted by Gasteiger charge is 2.32. The number of hydrogen-bond acceptors (Lipinski definition) is 3. The van der Waals surface area contributed by atoms with Gasteiger partial charge in [0.05, 0.1) is 12.3 Å². The van der Waals surface area contributed by atoms with E-state index in [0.29, 0.717) is 11.7 Å². The van der Waals surface area contributed by atoms with Crippen LogP contribution in [-0.4, -0.2) is 12.3 Å². The van der Waals surface area contributed by atoms with Gasteiger partial charge in [-0.15, -0.1) is 0 Å². The number of benzene rings is 1. The third-order valence-corrected chi connectivity index (χ3v) is 7.30. The molecule has 0 unspecified atom stereocenters. The first kappa shape index (κ1) is 21.5. The second-order valence-electron chi connectivity index (χ2n) is 8.76. The van der Waals surface area contributed by atoms with Crippen LogP contribution in [0.15, 0.2) is 17.1 Å². The minimum atomic E-state index is -0.412. The number of thiocarbonyl (C=S) groups is 1. The summed E-state index contributed by atoms with van der Waals surface area (Å²) in [6, 6.07) is 3.67. The maximum Gasteiger partial charge on any atom is 0.191 e. The molecule has 2 fully saturated rings. The molecule has 0 bridgehead atoms. The van der Waals surface area contributed by atoms with Gasteiger partial charge in [0, 0.05) is 5.56 Å². The van der Waals surface area contributed by atoms with Crippen LogP contribution in [-0.2, 0) is 0 Å². The predicted octanol–water partition coefficient (Wildman–Crippen LogP) is 7.84. The van der Waals surface area contributed by atoms with Gasteiger partial charge in [-0.05, 0) is 80.5 Å². The number of ether oxygens (including phenoxy) is 1. The molecule has 0 N–H and O–H groups in total. The Labute approximate surface area is 175 Å².